The van der Waals surface area contributed by atoms with E-state index in [0.717, 1.165) is 4.47 Å². The molecule has 0 fully saturated rings. The van der Waals surface area contributed by atoms with E-state index in [0.29, 0.717) is 0 Å². The Kier molecular flexibility index (Phi) is 3.65. The van der Waals surface area contributed by atoms with E-state index in [4.69, 9.17) is 5.73 Å². The third-order valence-corrected chi connectivity index (χ3v) is 3.64. The molecule has 2 aromatic rings. The molecule has 1 nitrogen and oxygen atoms in total. The van der Waals surface area contributed by atoms with Gasteiger partial charge in [-0.25, -0.2) is 0 Å². The zero-order valence-electron chi connectivity index (χ0n) is 10.1. The predicted molar refractivity (Wildman–Crippen MR) is 76.9 cm³/mol. The number of hydrogen-bond donors (Lipinski definition) is 1. The van der Waals surface area contributed by atoms with Crippen LogP contribution in [0, 0.1) is 6.92 Å². The van der Waals surface area contributed by atoms with E-state index >= 15 is 0 Å². The summed E-state index contributed by atoms with van der Waals surface area (Å²) < 4.78 is 1.12. The highest BCUT2D eigenvalue weighted by molar-refractivity contribution is 9.10. The molecule has 0 saturated carbocycles. The summed E-state index contributed by atoms with van der Waals surface area (Å²) in [6, 6.07) is 14.7. The highest BCUT2D eigenvalue weighted by Gasteiger charge is 2.08. The normalized spacial score (nSPS) is 12.5. The molecule has 0 heterocycles. The van der Waals surface area contributed by atoms with Crippen LogP contribution in [0.5, 0.6) is 0 Å². The van der Waals surface area contributed by atoms with E-state index in [9.17, 15) is 0 Å². The predicted octanol–water partition coefficient (Wildman–Crippen LogP) is 4.44. The van der Waals surface area contributed by atoms with Gasteiger partial charge in [-0.2, -0.15) is 0 Å². The molecule has 0 radical (unpaired) electrons. The molecule has 0 spiro atoms. The van der Waals surface area contributed by atoms with Crippen molar-refractivity contribution in [3.63, 3.8) is 0 Å². The van der Waals surface area contributed by atoms with Crippen molar-refractivity contribution in [1.82, 2.24) is 0 Å². The summed E-state index contributed by atoms with van der Waals surface area (Å²) in [5.74, 6) is 0. The number of nitrogens with two attached hydrogens (primary N) is 1. The summed E-state index contributed by atoms with van der Waals surface area (Å²) in [6.45, 7) is 4.13. The number of aryl methyl sites for hydroxylation is 1. The minimum atomic E-state index is 0.0665. The van der Waals surface area contributed by atoms with Crippen LogP contribution in [0.25, 0.3) is 11.1 Å². The maximum atomic E-state index is 5.94. The molecule has 88 valence electrons. The lowest BCUT2D eigenvalue weighted by Gasteiger charge is -2.12. The zero-order valence-corrected chi connectivity index (χ0v) is 11.7. The minimum absolute atomic E-state index is 0.0665. The zero-order chi connectivity index (χ0) is 12.4. The van der Waals surface area contributed by atoms with Crippen LogP contribution in [0.15, 0.2) is 46.9 Å². The fraction of sp³-hybridized carbons (Fsp3) is 0.200. The highest BCUT2D eigenvalue weighted by atomic mass is 79.9. The Labute approximate surface area is 111 Å². The molecule has 0 amide bonds. The van der Waals surface area contributed by atoms with Crippen molar-refractivity contribution < 1.29 is 0 Å². The second-order valence-electron chi connectivity index (χ2n) is 4.34. The SMILES string of the molecule is Cc1ccc(C(C)N)cc1-c1ccccc1Br. The molecule has 1 atom stereocenters. The summed E-state index contributed by atoms with van der Waals surface area (Å²) in [7, 11) is 0. The molecule has 0 aliphatic rings. The van der Waals surface area contributed by atoms with Gasteiger partial charge in [0.05, 0.1) is 0 Å². The van der Waals surface area contributed by atoms with Crippen molar-refractivity contribution in [2.24, 2.45) is 5.73 Å². The van der Waals surface area contributed by atoms with Crippen molar-refractivity contribution in [2.45, 2.75) is 19.9 Å². The van der Waals surface area contributed by atoms with Crippen LogP contribution in [0.2, 0.25) is 0 Å². The molecular weight excluding hydrogens is 274 g/mol. The standard InChI is InChI=1S/C15H16BrN/c1-10-7-8-12(11(2)17)9-14(10)13-5-3-4-6-15(13)16/h3-9,11H,17H2,1-2H3. The van der Waals surface area contributed by atoms with E-state index < -0.39 is 0 Å². The van der Waals surface area contributed by atoms with Gasteiger partial charge in [0.2, 0.25) is 0 Å². The average molecular weight is 290 g/mol. The van der Waals surface area contributed by atoms with Crippen LogP contribution in [0.1, 0.15) is 24.1 Å². The molecule has 2 N–H and O–H groups in total. The quantitative estimate of drug-likeness (QED) is 0.869. The topological polar surface area (TPSA) is 26.0 Å². The Morgan fingerprint density at radius 3 is 2.41 bits per heavy atom. The highest BCUT2D eigenvalue weighted by Crippen LogP contribution is 2.31. The lowest BCUT2D eigenvalue weighted by molar-refractivity contribution is 0.818. The van der Waals surface area contributed by atoms with E-state index in [1.54, 1.807) is 0 Å². The molecular formula is C15H16BrN. The summed E-state index contributed by atoms with van der Waals surface area (Å²) in [6.07, 6.45) is 0. The van der Waals surface area contributed by atoms with Crippen LogP contribution < -0.4 is 5.73 Å². The van der Waals surface area contributed by atoms with Gasteiger partial charge in [-0.1, -0.05) is 46.3 Å². The first-order chi connectivity index (χ1) is 8.09. The van der Waals surface area contributed by atoms with Gasteiger partial charge in [-0.15, -0.1) is 0 Å². The Bertz CT molecular complexity index is 532. The molecule has 0 aliphatic carbocycles. The fourth-order valence-electron chi connectivity index (χ4n) is 1.89. The number of hydrogen-bond acceptors (Lipinski definition) is 1. The molecule has 0 bridgehead atoms. The molecule has 2 heteroatoms. The third-order valence-electron chi connectivity index (χ3n) is 2.95. The monoisotopic (exact) mass is 289 g/mol. The first-order valence-corrected chi connectivity index (χ1v) is 6.50. The second-order valence-corrected chi connectivity index (χ2v) is 5.20. The van der Waals surface area contributed by atoms with Crippen molar-refractivity contribution in [3.8, 4) is 11.1 Å². The van der Waals surface area contributed by atoms with Gasteiger partial charge in [0.1, 0.15) is 0 Å². The van der Waals surface area contributed by atoms with E-state index in [-0.39, 0.29) is 6.04 Å². The van der Waals surface area contributed by atoms with Gasteiger partial charge in [-0.3, -0.25) is 0 Å². The third kappa shape index (κ3) is 2.59. The second kappa shape index (κ2) is 5.03. The number of benzene rings is 2. The van der Waals surface area contributed by atoms with E-state index in [1.807, 2.05) is 13.0 Å². The molecule has 2 aromatic carbocycles. The first-order valence-electron chi connectivity index (χ1n) is 5.70. The van der Waals surface area contributed by atoms with Crippen molar-refractivity contribution in [3.05, 3.63) is 58.1 Å². The van der Waals surface area contributed by atoms with Crippen LogP contribution in [0.3, 0.4) is 0 Å². The molecule has 2 rings (SSSR count). The van der Waals surface area contributed by atoms with Gasteiger partial charge < -0.3 is 5.73 Å². The summed E-state index contributed by atoms with van der Waals surface area (Å²) in [5.41, 5.74) is 10.8. The Balaban J connectivity index is 2.59. The summed E-state index contributed by atoms with van der Waals surface area (Å²) in [5, 5.41) is 0. The van der Waals surface area contributed by atoms with Crippen molar-refractivity contribution >= 4 is 15.9 Å². The average Bonchev–Trinajstić information content (AvgIpc) is 2.30. The Morgan fingerprint density at radius 2 is 1.76 bits per heavy atom. The van der Waals surface area contributed by atoms with Crippen LogP contribution in [0.4, 0.5) is 0 Å². The van der Waals surface area contributed by atoms with Crippen LogP contribution >= 0.6 is 15.9 Å². The number of halogens is 1. The van der Waals surface area contributed by atoms with E-state index in [1.165, 1.54) is 22.3 Å². The maximum Gasteiger partial charge on any atom is 0.0266 e. The van der Waals surface area contributed by atoms with Gasteiger partial charge >= 0.3 is 0 Å². The maximum absolute atomic E-state index is 5.94. The van der Waals surface area contributed by atoms with Gasteiger partial charge in [0.25, 0.3) is 0 Å². The van der Waals surface area contributed by atoms with Crippen LogP contribution in [-0.4, -0.2) is 0 Å². The molecule has 1 unspecified atom stereocenters. The molecule has 0 saturated heterocycles. The van der Waals surface area contributed by atoms with Crippen LogP contribution in [-0.2, 0) is 0 Å². The van der Waals surface area contributed by atoms with Crippen molar-refractivity contribution in [2.75, 3.05) is 0 Å². The molecule has 17 heavy (non-hydrogen) atoms. The smallest absolute Gasteiger partial charge is 0.0266 e. The Morgan fingerprint density at radius 1 is 1.06 bits per heavy atom. The minimum Gasteiger partial charge on any atom is -0.324 e. The lowest BCUT2D eigenvalue weighted by Crippen LogP contribution is -2.05. The van der Waals surface area contributed by atoms with Gasteiger partial charge in [0, 0.05) is 10.5 Å². The van der Waals surface area contributed by atoms with Crippen molar-refractivity contribution in [1.29, 1.82) is 0 Å². The fourth-order valence-corrected chi connectivity index (χ4v) is 2.39. The molecule has 0 aromatic heterocycles. The summed E-state index contributed by atoms with van der Waals surface area (Å²) >= 11 is 3.60. The largest absolute Gasteiger partial charge is 0.324 e. The van der Waals surface area contributed by atoms with Gasteiger partial charge in [0.15, 0.2) is 0 Å². The van der Waals surface area contributed by atoms with Gasteiger partial charge in [-0.05, 0) is 48.2 Å². The first kappa shape index (κ1) is 12.3. The van der Waals surface area contributed by atoms with E-state index in [2.05, 4.69) is 59.3 Å². The molecule has 0 aliphatic heterocycles. The number of rotatable bonds is 2. The Hall–Kier alpha value is -1.12. The lowest BCUT2D eigenvalue weighted by atomic mass is 9.96. The summed E-state index contributed by atoms with van der Waals surface area (Å²) in [4.78, 5) is 0.